The van der Waals surface area contributed by atoms with Gasteiger partial charge in [-0.15, -0.1) is 6.42 Å². The molecule has 0 fully saturated rings. The third kappa shape index (κ3) is 2.49. The summed E-state index contributed by atoms with van der Waals surface area (Å²) in [6.45, 7) is 4.38. The second kappa shape index (κ2) is 4.06. The second-order valence-corrected chi connectivity index (χ2v) is 2.39. The van der Waals surface area contributed by atoms with Crippen molar-refractivity contribution in [2.45, 2.75) is 20.3 Å². The van der Waals surface area contributed by atoms with Crippen LogP contribution in [0.15, 0.2) is 17.7 Å². The van der Waals surface area contributed by atoms with E-state index in [4.69, 9.17) is 0 Å². The predicted molar refractivity (Wildman–Crippen MR) is 37.6 cm³/mol. The van der Waals surface area contributed by atoms with E-state index in [-0.39, 0.29) is 23.9 Å². The quantitative estimate of drug-likeness (QED) is 0.456. The summed E-state index contributed by atoms with van der Waals surface area (Å²) in [5.74, 6) is 0.661. The first-order chi connectivity index (χ1) is 3.80. The van der Waals surface area contributed by atoms with Gasteiger partial charge in [-0.3, -0.25) is 6.08 Å². The summed E-state index contributed by atoms with van der Waals surface area (Å²) in [6, 6.07) is 0. The fraction of sp³-hybridized carbons (Fsp3) is 0.500. The van der Waals surface area contributed by atoms with Gasteiger partial charge in [0.25, 0.3) is 0 Å². The van der Waals surface area contributed by atoms with Gasteiger partial charge >= 0.3 is 0 Å². The Morgan fingerprint density at radius 2 is 2.33 bits per heavy atom. The van der Waals surface area contributed by atoms with Crippen LogP contribution in [0.4, 0.5) is 0 Å². The van der Waals surface area contributed by atoms with Gasteiger partial charge in [0.1, 0.15) is 0 Å². The number of hydrogen-bond acceptors (Lipinski definition) is 0. The van der Waals surface area contributed by atoms with Crippen molar-refractivity contribution in [3.63, 3.8) is 0 Å². The van der Waals surface area contributed by atoms with Crippen LogP contribution in [0.2, 0.25) is 0 Å². The van der Waals surface area contributed by atoms with Crippen molar-refractivity contribution in [3.05, 3.63) is 23.8 Å². The van der Waals surface area contributed by atoms with E-state index in [2.05, 4.69) is 32.1 Å². The first kappa shape index (κ1) is 9.17. The Labute approximate surface area is 74.3 Å². The molecule has 1 heteroatoms. The minimum Gasteiger partial charge on any atom is -1.00 e. The largest absolute Gasteiger partial charge is 1.00 e. The van der Waals surface area contributed by atoms with Crippen LogP contribution in [0, 0.1) is 12.0 Å². The van der Waals surface area contributed by atoms with Gasteiger partial charge in [-0.05, 0) is 0 Å². The second-order valence-electron chi connectivity index (χ2n) is 2.39. The van der Waals surface area contributed by atoms with Crippen molar-refractivity contribution < 1.29 is 23.9 Å². The monoisotopic (exact) mass is 207 g/mol. The molecule has 0 amide bonds. The molecule has 1 aliphatic rings. The summed E-state index contributed by atoms with van der Waals surface area (Å²) in [4.78, 5) is 0. The zero-order chi connectivity index (χ0) is 5.98. The SMILES string of the molecule is CC(C)C1=[C-]CC=C1.[H-].[H-].[Mo]. The van der Waals surface area contributed by atoms with E-state index in [1.165, 1.54) is 5.57 Å². The summed E-state index contributed by atoms with van der Waals surface area (Å²) in [6.07, 6.45) is 8.59. The van der Waals surface area contributed by atoms with E-state index in [0.29, 0.717) is 5.92 Å². The summed E-state index contributed by atoms with van der Waals surface area (Å²) >= 11 is 0. The van der Waals surface area contributed by atoms with Gasteiger partial charge in [0.05, 0.1) is 0 Å². The van der Waals surface area contributed by atoms with Crippen LogP contribution >= 0.6 is 0 Å². The molecular formula is C8H13Mo-3. The molecule has 0 saturated heterocycles. The van der Waals surface area contributed by atoms with Gasteiger partial charge < -0.3 is 2.85 Å². The van der Waals surface area contributed by atoms with Crippen LogP contribution in [0.25, 0.3) is 0 Å². The van der Waals surface area contributed by atoms with Crippen molar-refractivity contribution in [1.29, 1.82) is 0 Å². The van der Waals surface area contributed by atoms with E-state index in [9.17, 15) is 0 Å². The van der Waals surface area contributed by atoms with Crippen LogP contribution in [0.3, 0.4) is 0 Å². The maximum Gasteiger partial charge on any atom is 0 e. The zero-order valence-electron chi connectivity index (χ0n) is 7.85. The fourth-order valence-corrected chi connectivity index (χ4v) is 0.818. The molecule has 54 valence electrons. The first-order valence-corrected chi connectivity index (χ1v) is 3.08. The molecule has 1 rings (SSSR count). The Balaban J connectivity index is -0.000000213. The van der Waals surface area contributed by atoms with Gasteiger partial charge in [0.15, 0.2) is 0 Å². The van der Waals surface area contributed by atoms with E-state index < -0.39 is 0 Å². The molecule has 0 radical (unpaired) electrons. The summed E-state index contributed by atoms with van der Waals surface area (Å²) in [5, 5.41) is 0. The molecule has 9 heavy (non-hydrogen) atoms. The number of rotatable bonds is 1. The summed E-state index contributed by atoms with van der Waals surface area (Å²) in [7, 11) is 0. The third-order valence-electron chi connectivity index (χ3n) is 1.34. The minimum atomic E-state index is 0. The average Bonchev–Trinajstić information content (AvgIpc) is 2.12. The average molecular weight is 205 g/mol. The Kier molecular flexibility index (Phi) is 4.14. The topological polar surface area (TPSA) is 0 Å². The van der Waals surface area contributed by atoms with Gasteiger partial charge in [-0.2, -0.15) is 6.08 Å². The molecule has 0 bridgehead atoms. The number of hydrogen-bond donors (Lipinski definition) is 0. The smallest absolute Gasteiger partial charge is 0 e. The molecule has 0 heterocycles. The fourth-order valence-electron chi connectivity index (χ4n) is 0.818. The first-order valence-electron chi connectivity index (χ1n) is 3.08. The zero-order valence-corrected chi connectivity index (χ0v) is 7.85. The van der Waals surface area contributed by atoms with Crippen molar-refractivity contribution in [3.8, 4) is 0 Å². The van der Waals surface area contributed by atoms with Gasteiger partial charge in [0, 0.05) is 21.1 Å². The molecule has 0 aromatic carbocycles. The molecule has 0 aromatic rings. The molecule has 0 spiro atoms. The molecule has 0 saturated carbocycles. The molecule has 0 aliphatic heterocycles. The molecule has 0 N–H and O–H groups in total. The van der Waals surface area contributed by atoms with E-state index in [1.807, 2.05) is 0 Å². The molecule has 0 aromatic heterocycles. The molecule has 0 atom stereocenters. The van der Waals surface area contributed by atoms with Crippen molar-refractivity contribution in [2.75, 3.05) is 0 Å². The van der Waals surface area contributed by atoms with Crippen LogP contribution in [-0.4, -0.2) is 0 Å². The summed E-state index contributed by atoms with van der Waals surface area (Å²) < 4.78 is 0. The van der Waals surface area contributed by atoms with Crippen LogP contribution in [-0.2, 0) is 21.1 Å². The van der Waals surface area contributed by atoms with E-state index in [1.54, 1.807) is 0 Å². The van der Waals surface area contributed by atoms with Crippen molar-refractivity contribution in [2.24, 2.45) is 5.92 Å². The standard InChI is InChI=1S/C8H11.Mo.2H/c1-7(2)8-5-3-4-6-8;;;/h3,5,7H,4H2,1-2H3;;;/q-1;;2*-1. The minimum absolute atomic E-state index is 0. The van der Waals surface area contributed by atoms with Gasteiger partial charge in [-0.25, -0.2) is 11.6 Å². The maximum absolute atomic E-state index is 3.26. The van der Waals surface area contributed by atoms with Gasteiger partial charge in [0.2, 0.25) is 0 Å². The van der Waals surface area contributed by atoms with Crippen LogP contribution in [0.1, 0.15) is 23.1 Å². The Hall–Kier alpha value is 0.168. The maximum atomic E-state index is 3.26. The van der Waals surface area contributed by atoms with Gasteiger partial charge in [-0.1, -0.05) is 19.8 Å². The predicted octanol–water partition coefficient (Wildman–Crippen LogP) is 2.55. The van der Waals surface area contributed by atoms with E-state index >= 15 is 0 Å². The number of allylic oxidation sites excluding steroid dienone is 4. The van der Waals surface area contributed by atoms with E-state index in [0.717, 1.165) is 6.42 Å². The third-order valence-corrected chi connectivity index (χ3v) is 1.34. The van der Waals surface area contributed by atoms with Crippen LogP contribution < -0.4 is 0 Å². The summed E-state index contributed by atoms with van der Waals surface area (Å²) in [5.41, 5.74) is 1.37. The van der Waals surface area contributed by atoms with Crippen LogP contribution in [0.5, 0.6) is 0 Å². The van der Waals surface area contributed by atoms with Crippen molar-refractivity contribution in [1.82, 2.24) is 0 Å². The molecule has 1 aliphatic carbocycles. The Morgan fingerprint density at radius 3 is 2.56 bits per heavy atom. The molecule has 0 nitrogen and oxygen atoms in total. The Bertz CT molecular complexity index is 139. The molecule has 0 unspecified atom stereocenters. The normalized spacial score (nSPS) is 15.7. The molecular weight excluding hydrogens is 192 g/mol. The van der Waals surface area contributed by atoms with Crippen molar-refractivity contribution >= 4 is 0 Å². The Morgan fingerprint density at radius 1 is 1.67 bits per heavy atom.